The fourth-order valence-electron chi connectivity index (χ4n) is 2.54. The third kappa shape index (κ3) is 4.41. The van der Waals surface area contributed by atoms with Gasteiger partial charge in [0.15, 0.2) is 0 Å². The summed E-state index contributed by atoms with van der Waals surface area (Å²) in [6.07, 6.45) is -4.34. The summed E-state index contributed by atoms with van der Waals surface area (Å²) < 4.78 is 38.0. The van der Waals surface area contributed by atoms with Gasteiger partial charge >= 0.3 is 6.18 Å². The van der Waals surface area contributed by atoms with E-state index in [0.29, 0.717) is 12.6 Å². The summed E-state index contributed by atoms with van der Waals surface area (Å²) in [7, 11) is 0. The molecule has 1 saturated heterocycles. The van der Waals surface area contributed by atoms with Gasteiger partial charge in [0.1, 0.15) is 5.37 Å². The molecule has 7 heteroatoms. The molecule has 0 saturated carbocycles. The van der Waals surface area contributed by atoms with E-state index >= 15 is 0 Å². The fraction of sp³-hybridized carbons (Fsp3) is 0.562. The Bertz CT molecular complexity index is 545. The first-order valence-electron chi connectivity index (χ1n) is 7.66. The van der Waals surface area contributed by atoms with E-state index in [1.807, 2.05) is 6.92 Å². The maximum Gasteiger partial charge on any atom is 0.416 e. The van der Waals surface area contributed by atoms with Gasteiger partial charge in [-0.25, -0.2) is 0 Å². The first-order valence-corrected chi connectivity index (χ1v) is 8.61. The summed E-state index contributed by atoms with van der Waals surface area (Å²) in [6, 6.07) is 5.57. The maximum absolute atomic E-state index is 12.7. The Morgan fingerprint density at radius 1 is 1.26 bits per heavy atom. The monoisotopic (exact) mass is 347 g/mol. The molecule has 0 radical (unpaired) electrons. The number of amides is 1. The van der Waals surface area contributed by atoms with Crippen LogP contribution in [-0.2, 0) is 11.0 Å². The lowest BCUT2D eigenvalue weighted by molar-refractivity contribution is -0.682. The molecule has 1 aromatic rings. The van der Waals surface area contributed by atoms with Gasteiger partial charge in [-0.1, -0.05) is 12.1 Å². The minimum Gasteiger partial charge on any atom is -0.343 e. The van der Waals surface area contributed by atoms with E-state index in [0.717, 1.165) is 24.2 Å². The normalized spacial score (nSPS) is 22.2. The quantitative estimate of drug-likeness (QED) is 0.889. The van der Waals surface area contributed by atoms with Crippen LogP contribution in [0.25, 0.3) is 0 Å². The van der Waals surface area contributed by atoms with Crippen LogP contribution in [-0.4, -0.2) is 35.2 Å². The number of quaternary nitrogens is 1. The lowest BCUT2D eigenvalue weighted by Crippen LogP contribution is -2.89. The average Bonchev–Trinajstić information content (AvgIpc) is 2.74. The fourth-order valence-corrected chi connectivity index (χ4v) is 3.85. The molecule has 0 bridgehead atoms. The average molecular weight is 347 g/mol. The molecule has 128 valence electrons. The van der Waals surface area contributed by atoms with Gasteiger partial charge in [0.25, 0.3) is 0 Å². The number of alkyl halides is 3. The van der Waals surface area contributed by atoms with E-state index in [1.54, 1.807) is 4.90 Å². The highest BCUT2D eigenvalue weighted by Crippen LogP contribution is 2.43. The Labute approximate surface area is 138 Å². The minimum absolute atomic E-state index is 0.0528. The number of carbonyl (C=O) groups excluding carboxylic acids is 1. The van der Waals surface area contributed by atoms with E-state index in [1.165, 1.54) is 23.9 Å². The molecule has 0 aliphatic carbocycles. The summed E-state index contributed by atoms with van der Waals surface area (Å²) in [5, 5.41) is 1.77. The SMILES string of the molecule is CC(C)[NH2+]CCN1C(=O)[C@@H](C)S[C@@H]1c1ccc(C(F)(F)F)cc1. The predicted molar refractivity (Wildman–Crippen MR) is 84.9 cm³/mol. The van der Waals surface area contributed by atoms with Crippen molar-refractivity contribution in [2.24, 2.45) is 0 Å². The van der Waals surface area contributed by atoms with Gasteiger partial charge in [-0.2, -0.15) is 13.2 Å². The van der Waals surface area contributed by atoms with Gasteiger partial charge < -0.3 is 10.2 Å². The van der Waals surface area contributed by atoms with E-state index in [-0.39, 0.29) is 16.5 Å². The molecule has 1 aliphatic rings. The van der Waals surface area contributed by atoms with Gasteiger partial charge in [0.05, 0.1) is 29.9 Å². The number of hydrogen-bond donors (Lipinski definition) is 1. The van der Waals surface area contributed by atoms with Gasteiger partial charge in [0, 0.05) is 0 Å². The second-order valence-corrected chi connectivity index (χ2v) is 7.48. The molecule has 1 aliphatic heterocycles. The van der Waals surface area contributed by atoms with Crippen molar-refractivity contribution in [3.05, 3.63) is 35.4 Å². The number of halogens is 3. The highest BCUT2D eigenvalue weighted by molar-refractivity contribution is 8.01. The Kier molecular flexibility index (Phi) is 5.62. The molecule has 0 unspecified atom stereocenters. The van der Waals surface area contributed by atoms with E-state index < -0.39 is 11.7 Å². The molecule has 2 N–H and O–H groups in total. The molecular weight excluding hydrogens is 325 g/mol. The summed E-state index contributed by atoms with van der Waals surface area (Å²) in [5.41, 5.74) is 0.0774. The molecule has 2 atom stereocenters. The van der Waals surface area contributed by atoms with Crippen molar-refractivity contribution in [2.45, 2.75) is 43.6 Å². The van der Waals surface area contributed by atoms with Crippen molar-refractivity contribution in [1.82, 2.24) is 4.90 Å². The molecule has 1 fully saturated rings. The predicted octanol–water partition coefficient (Wildman–Crippen LogP) is 2.64. The van der Waals surface area contributed by atoms with Crippen molar-refractivity contribution < 1.29 is 23.3 Å². The smallest absolute Gasteiger partial charge is 0.343 e. The number of hydrogen-bond acceptors (Lipinski definition) is 2. The molecule has 0 spiro atoms. The minimum atomic E-state index is -4.34. The highest BCUT2D eigenvalue weighted by atomic mass is 32.2. The summed E-state index contributed by atoms with van der Waals surface area (Å²) in [5.74, 6) is 0.0528. The van der Waals surface area contributed by atoms with Gasteiger partial charge in [-0.15, -0.1) is 11.8 Å². The Morgan fingerprint density at radius 3 is 2.39 bits per heavy atom. The van der Waals surface area contributed by atoms with E-state index in [2.05, 4.69) is 19.2 Å². The number of rotatable bonds is 5. The van der Waals surface area contributed by atoms with Crippen LogP contribution in [0, 0.1) is 0 Å². The number of nitrogens with two attached hydrogens (primary N) is 1. The number of thioether (sulfide) groups is 1. The van der Waals surface area contributed by atoms with E-state index in [9.17, 15) is 18.0 Å². The molecular formula is C16H22F3N2OS+. The van der Waals surface area contributed by atoms with Crippen molar-refractivity contribution in [3.8, 4) is 0 Å². The Hall–Kier alpha value is -1.21. The zero-order chi connectivity index (χ0) is 17.2. The molecule has 0 aromatic heterocycles. The molecule has 1 amide bonds. The van der Waals surface area contributed by atoms with Crippen LogP contribution in [0.15, 0.2) is 24.3 Å². The van der Waals surface area contributed by atoms with E-state index in [4.69, 9.17) is 0 Å². The second-order valence-electron chi connectivity index (χ2n) is 6.05. The lowest BCUT2D eigenvalue weighted by atomic mass is 10.1. The van der Waals surface area contributed by atoms with Gasteiger partial charge in [-0.05, 0) is 38.5 Å². The van der Waals surface area contributed by atoms with Gasteiger partial charge in [0.2, 0.25) is 5.91 Å². The maximum atomic E-state index is 12.7. The zero-order valence-corrected chi connectivity index (χ0v) is 14.2. The standard InChI is InChI=1S/C16H21F3N2OS/c1-10(2)20-8-9-21-14(22)11(3)23-15(21)12-4-6-13(7-5-12)16(17,18)19/h4-7,10-11,15,20H,8-9H2,1-3H3/p+1/t11-,15-/m1/s1. The summed E-state index contributed by atoms with van der Waals surface area (Å²) in [4.78, 5) is 14.1. The molecule has 23 heavy (non-hydrogen) atoms. The van der Waals surface area contributed by atoms with Crippen molar-refractivity contribution >= 4 is 17.7 Å². The van der Waals surface area contributed by atoms with Crippen LogP contribution in [0.4, 0.5) is 13.2 Å². The first kappa shape index (κ1) is 18.1. The number of benzene rings is 1. The van der Waals surface area contributed by atoms with Crippen LogP contribution >= 0.6 is 11.8 Å². The van der Waals surface area contributed by atoms with Crippen LogP contribution in [0.5, 0.6) is 0 Å². The zero-order valence-electron chi connectivity index (χ0n) is 13.4. The molecule has 2 rings (SSSR count). The van der Waals surface area contributed by atoms with Crippen LogP contribution in [0.1, 0.15) is 37.3 Å². The van der Waals surface area contributed by atoms with Crippen molar-refractivity contribution in [1.29, 1.82) is 0 Å². The first-order chi connectivity index (χ1) is 10.7. The topological polar surface area (TPSA) is 36.9 Å². The third-order valence-electron chi connectivity index (χ3n) is 3.78. The number of nitrogens with zero attached hydrogens (tertiary/aromatic N) is 1. The Balaban J connectivity index is 2.13. The lowest BCUT2D eigenvalue weighted by Gasteiger charge is -2.24. The molecule has 1 aromatic carbocycles. The Morgan fingerprint density at radius 2 is 1.87 bits per heavy atom. The summed E-state index contributed by atoms with van der Waals surface area (Å²) >= 11 is 1.49. The molecule has 3 nitrogen and oxygen atoms in total. The number of carbonyl (C=O) groups is 1. The van der Waals surface area contributed by atoms with Gasteiger partial charge in [-0.3, -0.25) is 4.79 Å². The highest BCUT2D eigenvalue weighted by Gasteiger charge is 2.39. The van der Waals surface area contributed by atoms with Crippen LogP contribution in [0.2, 0.25) is 0 Å². The van der Waals surface area contributed by atoms with Crippen molar-refractivity contribution in [3.63, 3.8) is 0 Å². The third-order valence-corrected chi connectivity index (χ3v) is 5.17. The second kappa shape index (κ2) is 7.13. The largest absolute Gasteiger partial charge is 0.416 e. The summed E-state index contributed by atoms with van der Waals surface area (Å²) in [6.45, 7) is 7.39. The van der Waals surface area contributed by atoms with Crippen LogP contribution < -0.4 is 5.32 Å². The van der Waals surface area contributed by atoms with Crippen molar-refractivity contribution in [2.75, 3.05) is 13.1 Å². The van der Waals surface area contributed by atoms with Crippen LogP contribution in [0.3, 0.4) is 0 Å². The molecule has 1 heterocycles.